The number of hydrogen-bond acceptors (Lipinski definition) is 2. The number of nitrogens with zero attached hydrogens (tertiary/aromatic N) is 1. The van der Waals surface area contributed by atoms with Crippen molar-refractivity contribution in [2.75, 3.05) is 0 Å². The quantitative estimate of drug-likeness (QED) is 0.887. The summed E-state index contributed by atoms with van der Waals surface area (Å²) in [4.78, 5) is 23.8. The van der Waals surface area contributed by atoms with E-state index in [9.17, 15) is 9.59 Å². The smallest absolute Gasteiger partial charge is 0.254 e. The molecule has 0 aliphatic heterocycles. The van der Waals surface area contributed by atoms with Crippen LogP contribution in [0.15, 0.2) is 10.9 Å². The Bertz CT molecular complexity index is 602. The van der Waals surface area contributed by atoms with E-state index in [0.29, 0.717) is 11.3 Å². The highest BCUT2D eigenvalue weighted by atomic mass is 16.2. The summed E-state index contributed by atoms with van der Waals surface area (Å²) in [6, 6.07) is 0. The lowest BCUT2D eigenvalue weighted by atomic mass is 9.94. The van der Waals surface area contributed by atoms with Crippen molar-refractivity contribution in [3.05, 3.63) is 38.8 Å². The van der Waals surface area contributed by atoms with Crippen molar-refractivity contribution >= 4 is 12.0 Å². The standard InChI is InChI=1S/C15H22N2O2/c1-9-11(7-8-15(3,4)5)13(18)12(14(16)19)10(2)17(9)6/h7-8H,1-6H3,(H2,16,19)/b8-7+. The first kappa shape index (κ1) is 15.2. The molecule has 1 heterocycles. The average molecular weight is 262 g/mol. The summed E-state index contributed by atoms with van der Waals surface area (Å²) in [5.41, 5.74) is 7.01. The average Bonchev–Trinajstić information content (AvgIpc) is 2.24. The Morgan fingerprint density at radius 3 is 2.16 bits per heavy atom. The number of amides is 1. The molecule has 1 amide bonds. The van der Waals surface area contributed by atoms with Gasteiger partial charge in [0.1, 0.15) is 5.56 Å². The van der Waals surface area contributed by atoms with Gasteiger partial charge in [-0.05, 0) is 19.3 Å². The van der Waals surface area contributed by atoms with Crippen molar-refractivity contribution < 1.29 is 4.79 Å². The molecular weight excluding hydrogens is 240 g/mol. The second-order valence-electron chi connectivity index (χ2n) is 5.91. The maximum atomic E-state index is 12.4. The summed E-state index contributed by atoms with van der Waals surface area (Å²) in [5, 5.41) is 0. The topological polar surface area (TPSA) is 65.1 Å². The first-order valence-corrected chi connectivity index (χ1v) is 6.25. The largest absolute Gasteiger partial charge is 0.365 e. The van der Waals surface area contributed by atoms with Gasteiger partial charge in [0.15, 0.2) is 0 Å². The molecule has 0 saturated carbocycles. The molecule has 4 nitrogen and oxygen atoms in total. The van der Waals surface area contributed by atoms with E-state index in [1.54, 1.807) is 13.0 Å². The molecule has 1 aromatic heterocycles. The highest BCUT2D eigenvalue weighted by Gasteiger charge is 2.18. The monoisotopic (exact) mass is 262 g/mol. The fourth-order valence-electron chi connectivity index (χ4n) is 1.88. The Labute approximate surface area is 113 Å². The van der Waals surface area contributed by atoms with Gasteiger partial charge < -0.3 is 10.3 Å². The lowest BCUT2D eigenvalue weighted by molar-refractivity contribution is 0.0998. The normalized spacial score (nSPS) is 12.1. The van der Waals surface area contributed by atoms with Crippen LogP contribution in [0.25, 0.3) is 6.08 Å². The lowest BCUT2D eigenvalue weighted by Crippen LogP contribution is -2.29. The summed E-state index contributed by atoms with van der Waals surface area (Å²) < 4.78 is 1.82. The van der Waals surface area contributed by atoms with Crippen LogP contribution >= 0.6 is 0 Å². The molecule has 2 N–H and O–H groups in total. The molecule has 0 aromatic carbocycles. The molecule has 104 valence electrons. The zero-order valence-electron chi connectivity index (χ0n) is 12.5. The predicted octanol–water partition coefficient (Wildman–Crippen LogP) is 2.16. The van der Waals surface area contributed by atoms with E-state index in [2.05, 4.69) is 0 Å². The molecule has 0 saturated heterocycles. The van der Waals surface area contributed by atoms with Crippen LogP contribution in [0.4, 0.5) is 0 Å². The minimum atomic E-state index is -0.677. The first-order chi connectivity index (χ1) is 8.56. The van der Waals surface area contributed by atoms with Crippen molar-refractivity contribution in [3.8, 4) is 0 Å². The SMILES string of the molecule is Cc1c(/C=C/C(C)(C)C)c(=O)c(C(N)=O)c(C)n1C. The van der Waals surface area contributed by atoms with E-state index in [-0.39, 0.29) is 16.4 Å². The number of aromatic nitrogens is 1. The second kappa shape index (κ2) is 5.03. The van der Waals surface area contributed by atoms with E-state index in [1.807, 2.05) is 45.4 Å². The number of carbonyl (C=O) groups excluding carboxylic acids is 1. The van der Waals surface area contributed by atoms with Gasteiger partial charge >= 0.3 is 0 Å². The summed E-state index contributed by atoms with van der Waals surface area (Å²) in [7, 11) is 1.82. The van der Waals surface area contributed by atoms with Gasteiger partial charge in [0.25, 0.3) is 5.91 Å². The van der Waals surface area contributed by atoms with Crippen LogP contribution in [-0.2, 0) is 7.05 Å². The number of primary amides is 1. The molecule has 19 heavy (non-hydrogen) atoms. The summed E-state index contributed by atoms with van der Waals surface area (Å²) >= 11 is 0. The fourth-order valence-corrected chi connectivity index (χ4v) is 1.88. The molecule has 0 aliphatic carbocycles. The van der Waals surface area contributed by atoms with E-state index >= 15 is 0 Å². The molecule has 0 fully saturated rings. The van der Waals surface area contributed by atoms with Crippen molar-refractivity contribution in [2.45, 2.75) is 34.6 Å². The van der Waals surface area contributed by atoms with Gasteiger partial charge in [0, 0.05) is 24.0 Å². The Hall–Kier alpha value is -1.84. The molecular formula is C15H22N2O2. The molecule has 0 unspecified atom stereocenters. The van der Waals surface area contributed by atoms with Gasteiger partial charge in [-0.25, -0.2) is 0 Å². The first-order valence-electron chi connectivity index (χ1n) is 6.25. The molecule has 1 rings (SSSR count). The van der Waals surface area contributed by atoms with Crippen LogP contribution in [0.5, 0.6) is 0 Å². The number of hydrogen-bond donors (Lipinski definition) is 1. The van der Waals surface area contributed by atoms with Gasteiger partial charge in [0.2, 0.25) is 5.43 Å². The number of rotatable bonds is 2. The zero-order valence-corrected chi connectivity index (χ0v) is 12.5. The molecule has 0 bridgehead atoms. The highest BCUT2D eigenvalue weighted by Crippen LogP contribution is 2.18. The van der Waals surface area contributed by atoms with Crippen LogP contribution < -0.4 is 11.2 Å². The molecule has 0 atom stereocenters. The highest BCUT2D eigenvalue weighted by molar-refractivity contribution is 5.94. The summed E-state index contributed by atoms with van der Waals surface area (Å²) in [5.74, 6) is -0.677. The minimum Gasteiger partial charge on any atom is -0.365 e. The zero-order chi connectivity index (χ0) is 15.0. The second-order valence-corrected chi connectivity index (χ2v) is 5.91. The van der Waals surface area contributed by atoms with Crippen LogP contribution in [0, 0.1) is 19.3 Å². The van der Waals surface area contributed by atoms with Gasteiger partial charge in [-0.15, -0.1) is 0 Å². The predicted molar refractivity (Wildman–Crippen MR) is 78.2 cm³/mol. The maximum Gasteiger partial charge on any atom is 0.254 e. The van der Waals surface area contributed by atoms with Crippen molar-refractivity contribution in [2.24, 2.45) is 18.2 Å². The number of pyridine rings is 1. The van der Waals surface area contributed by atoms with E-state index < -0.39 is 5.91 Å². The van der Waals surface area contributed by atoms with Gasteiger partial charge in [0.05, 0.1) is 0 Å². The Morgan fingerprint density at radius 2 is 1.74 bits per heavy atom. The lowest BCUT2D eigenvalue weighted by Gasteiger charge is -2.16. The van der Waals surface area contributed by atoms with Crippen LogP contribution in [0.1, 0.15) is 48.1 Å². The molecule has 0 aliphatic rings. The Kier molecular flexibility index (Phi) is 4.03. The van der Waals surface area contributed by atoms with Crippen molar-refractivity contribution in [1.29, 1.82) is 0 Å². The molecule has 1 aromatic rings. The van der Waals surface area contributed by atoms with Gasteiger partial charge in [-0.3, -0.25) is 9.59 Å². The van der Waals surface area contributed by atoms with Gasteiger partial charge in [-0.1, -0.05) is 32.9 Å². The van der Waals surface area contributed by atoms with E-state index in [0.717, 1.165) is 5.69 Å². The molecule has 0 radical (unpaired) electrons. The van der Waals surface area contributed by atoms with Gasteiger partial charge in [-0.2, -0.15) is 0 Å². The number of allylic oxidation sites excluding steroid dienone is 1. The van der Waals surface area contributed by atoms with Crippen molar-refractivity contribution in [3.63, 3.8) is 0 Å². The van der Waals surface area contributed by atoms with Crippen LogP contribution in [0.2, 0.25) is 0 Å². The number of nitrogens with two attached hydrogens (primary N) is 1. The Balaban J connectivity index is 3.63. The maximum absolute atomic E-state index is 12.4. The van der Waals surface area contributed by atoms with Crippen LogP contribution in [0.3, 0.4) is 0 Å². The third-order valence-corrected chi connectivity index (χ3v) is 3.23. The third-order valence-electron chi connectivity index (χ3n) is 3.23. The van der Waals surface area contributed by atoms with Crippen molar-refractivity contribution in [1.82, 2.24) is 4.57 Å². The third kappa shape index (κ3) is 3.13. The minimum absolute atomic E-state index is 0.0325. The summed E-state index contributed by atoms with van der Waals surface area (Å²) in [6.45, 7) is 9.73. The fraction of sp³-hybridized carbons (Fsp3) is 0.467. The molecule has 4 heteroatoms. The van der Waals surface area contributed by atoms with E-state index in [4.69, 9.17) is 5.73 Å². The Morgan fingerprint density at radius 1 is 1.21 bits per heavy atom. The molecule has 0 spiro atoms. The van der Waals surface area contributed by atoms with Crippen LogP contribution in [-0.4, -0.2) is 10.5 Å². The van der Waals surface area contributed by atoms with E-state index in [1.165, 1.54) is 0 Å². The summed E-state index contributed by atoms with van der Waals surface area (Å²) in [6.07, 6.45) is 3.74. The number of carbonyl (C=O) groups is 1.